The van der Waals surface area contributed by atoms with E-state index in [1.807, 2.05) is 0 Å². The molecule has 0 radical (unpaired) electrons. The monoisotopic (exact) mass is 210 g/mol. The molecular weight excluding hydrogens is 199 g/mol. The van der Waals surface area contributed by atoms with Crippen LogP contribution in [0.4, 0.5) is 0 Å². The van der Waals surface area contributed by atoms with Gasteiger partial charge < -0.3 is 0 Å². The summed E-state index contributed by atoms with van der Waals surface area (Å²) >= 11 is -3.11. The fourth-order valence-electron chi connectivity index (χ4n) is 0.949. The molecule has 0 N–H and O–H groups in total. The zero-order valence-electron chi connectivity index (χ0n) is 5.89. The van der Waals surface area contributed by atoms with Crippen molar-refractivity contribution >= 4 is 13.8 Å². The van der Waals surface area contributed by atoms with Crippen LogP contribution in [0.1, 0.15) is 0 Å². The molecule has 0 aromatic carbocycles. The Morgan fingerprint density at radius 3 is 1.80 bits per heavy atom. The van der Waals surface area contributed by atoms with Gasteiger partial charge in [-0.05, 0) is 0 Å². The third-order valence-corrected chi connectivity index (χ3v) is 3.77. The molecule has 0 atom stereocenters. The van der Waals surface area contributed by atoms with Gasteiger partial charge >= 0.3 is 62.8 Å². The van der Waals surface area contributed by atoms with Gasteiger partial charge in [-0.15, -0.1) is 0 Å². The summed E-state index contributed by atoms with van der Waals surface area (Å²) in [5.74, 6) is 0. The van der Waals surface area contributed by atoms with Crippen molar-refractivity contribution in [2.75, 3.05) is 14.1 Å². The van der Waals surface area contributed by atoms with Crippen molar-refractivity contribution in [2.24, 2.45) is 0 Å². The standard InChI is InChI=1S/C5H10N2O2Se/c1-6-3-4-7(2)5(6)10(8)9/h3-5,10H,1-2H3. The van der Waals surface area contributed by atoms with E-state index in [9.17, 15) is 7.67 Å². The van der Waals surface area contributed by atoms with Crippen molar-refractivity contribution in [3.8, 4) is 0 Å². The fourth-order valence-corrected chi connectivity index (χ4v) is 2.52. The van der Waals surface area contributed by atoms with Crippen molar-refractivity contribution in [3.63, 3.8) is 0 Å². The van der Waals surface area contributed by atoms with E-state index in [1.54, 1.807) is 36.3 Å². The molecule has 0 aliphatic carbocycles. The summed E-state index contributed by atoms with van der Waals surface area (Å²) in [7, 11) is 3.50. The Bertz CT molecular complexity index is 204. The molecule has 1 heterocycles. The van der Waals surface area contributed by atoms with Crippen LogP contribution in [0.15, 0.2) is 12.4 Å². The van der Waals surface area contributed by atoms with Gasteiger partial charge in [0, 0.05) is 0 Å². The van der Waals surface area contributed by atoms with E-state index < -0.39 is 18.8 Å². The van der Waals surface area contributed by atoms with Crippen molar-refractivity contribution < 1.29 is 7.67 Å². The summed E-state index contributed by atoms with van der Waals surface area (Å²) in [6.45, 7) is 0. The Morgan fingerprint density at radius 1 is 1.20 bits per heavy atom. The van der Waals surface area contributed by atoms with E-state index in [-0.39, 0.29) is 0 Å². The van der Waals surface area contributed by atoms with Crippen LogP contribution in [0.3, 0.4) is 0 Å². The second kappa shape index (κ2) is 2.60. The SMILES string of the molecule is CN1C=CN(C)C1[SeH](=O)=O. The molecule has 0 saturated carbocycles. The molecule has 58 valence electrons. The van der Waals surface area contributed by atoms with Gasteiger partial charge in [-0.3, -0.25) is 0 Å². The molecule has 0 bridgehead atoms. The van der Waals surface area contributed by atoms with Gasteiger partial charge in [0.25, 0.3) is 0 Å². The molecule has 0 aromatic heterocycles. The van der Waals surface area contributed by atoms with Crippen molar-refractivity contribution in [3.05, 3.63) is 12.4 Å². The van der Waals surface area contributed by atoms with Crippen LogP contribution in [0.25, 0.3) is 0 Å². The Balaban J connectivity index is 2.79. The summed E-state index contributed by atoms with van der Waals surface area (Å²) in [6.07, 6.45) is 3.50. The summed E-state index contributed by atoms with van der Waals surface area (Å²) in [4.78, 5) is 3.36. The van der Waals surface area contributed by atoms with Crippen molar-refractivity contribution in [2.45, 2.75) is 5.06 Å². The number of nitrogens with zero attached hydrogens (tertiary/aromatic N) is 2. The van der Waals surface area contributed by atoms with Crippen molar-refractivity contribution in [1.82, 2.24) is 9.80 Å². The van der Waals surface area contributed by atoms with Gasteiger partial charge in [0.1, 0.15) is 0 Å². The second-order valence-electron chi connectivity index (χ2n) is 2.26. The van der Waals surface area contributed by atoms with E-state index in [0.29, 0.717) is 0 Å². The average molecular weight is 209 g/mol. The fraction of sp³-hybridized carbons (Fsp3) is 0.600. The maximum absolute atomic E-state index is 10.6. The van der Waals surface area contributed by atoms with E-state index in [2.05, 4.69) is 0 Å². The van der Waals surface area contributed by atoms with E-state index >= 15 is 0 Å². The molecule has 0 spiro atoms. The zero-order chi connectivity index (χ0) is 7.72. The van der Waals surface area contributed by atoms with Gasteiger partial charge in [-0.1, -0.05) is 0 Å². The number of hydrogen-bond donors (Lipinski definition) is 0. The minimum atomic E-state index is -3.11. The molecule has 1 aliphatic rings. The zero-order valence-corrected chi connectivity index (χ0v) is 7.77. The molecule has 10 heavy (non-hydrogen) atoms. The molecular formula is C5H10N2O2Se. The third-order valence-electron chi connectivity index (χ3n) is 1.45. The van der Waals surface area contributed by atoms with Crippen LogP contribution >= 0.6 is 0 Å². The van der Waals surface area contributed by atoms with Crippen LogP contribution in [-0.4, -0.2) is 42.7 Å². The topological polar surface area (TPSA) is 40.6 Å². The summed E-state index contributed by atoms with van der Waals surface area (Å²) in [6, 6.07) is 0. The van der Waals surface area contributed by atoms with E-state index in [0.717, 1.165) is 0 Å². The molecule has 5 heteroatoms. The quantitative estimate of drug-likeness (QED) is 0.534. The first-order chi connectivity index (χ1) is 4.63. The Kier molecular flexibility index (Phi) is 1.97. The molecule has 4 nitrogen and oxygen atoms in total. The van der Waals surface area contributed by atoms with Crippen LogP contribution < -0.4 is 0 Å². The first-order valence-corrected chi connectivity index (χ1v) is 5.50. The molecule has 0 unspecified atom stereocenters. The predicted octanol–water partition coefficient (Wildman–Crippen LogP) is -0.718. The molecule has 0 saturated heterocycles. The Hall–Kier alpha value is -0.541. The number of hydrogen-bond acceptors (Lipinski definition) is 4. The number of rotatable bonds is 1. The van der Waals surface area contributed by atoms with Gasteiger partial charge in [0.05, 0.1) is 0 Å². The van der Waals surface area contributed by atoms with Crippen LogP contribution in [0, 0.1) is 0 Å². The van der Waals surface area contributed by atoms with Crippen LogP contribution in [0.2, 0.25) is 0 Å². The maximum atomic E-state index is 10.6. The van der Waals surface area contributed by atoms with Gasteiger partial charge in [-0.2, -0.15) is 0 Å². The van der Waals surface area contributed by atoms with Gasteiger partial charge in [-0.25, -0.2) is 0 Å². The molecule has 0 amide bonds. The summed E-state index contributed by atoms with van der Waals surface area (Å²) < 4.78 is 21.2. The molecule has 1 rings (SSSR count). The first kappa shape index (κ1) is 7.57. The molecule has 0 aromatic rings. The summed E-state index contributed by atoms with van der Waals surface area (Å²) in [5, 5.41) is -0.410. The van der Waals surface area contributed by atoms with Crippen LogP contribution in [0.5, 0.6) is 0 Å². The van der Waals surface area contributed by atoms with Crippen molar-refractivity contribution in [1.29, 1.82) is 0 Å². The molecule has 0 fully saturated rings. The Labute approximate surface area is 63.4 Å². The second-order valence-corrected chi connectivity index (χ2v) is 4.43. The van der Waals surface area contributed by atoms with Gasteiger partial charge in [0.15, 0.2) is 0 Å². The predicted molar refractivity (Wildman–Crippen MR) is 37.0 cm³/mol. The normalized spacial score (nSPS) is 19.5. The minimum absolute atomic E-state index is 0.410. The van der Waals surface area contributed by atoms with Crippen LogP contribution in [-0.2, 0) is 7.67 Å². The first-order valence-electron chi connectivity index (χ1n) is 2.88. The Morgan fingerprint density at radius 2 is 1.60 bits per heavy atom. The summed E-state index contributed by atoms with van der Waals surface area (Å²) in [5.41, 5.74) is 0. The average Bonchev–Trinajstić information content (AvgIpc) is 2.11. The van der Waals surface area contributed by atoms with Gasteiger partial charge in [0.2, 0.25) is 0 Å². The van der Waals surface area contributed by atoms with E-state index in [4.69, 9.17) is 0 Å². The third kappa shape index (κ3) is 1.15. The molecule has 1 aliphatic heterocycles. The van der Waals surface area contributed by atoms with E-state index in [1.165, 1.54) is 0 Å².